The Morgan fingerprint density at radius 1 is 0.738 bits per heavy atom. The quantitative estimate of drug-likeness (QED) is 0.136. The normalized spacial score (nSPS) is 11.2. The summed E-state index contributed by atoms with van der Waals surface area (Å²) < 4.78 is 36.2. The van der Waals surface area contributed by atoms with Gasteiger partial charge in [0, 0.05) is 36.5 Å². The molecule has 10 heteroatoms. The number of ether oxygens (including phenoxy) is 2. The fourth-order valence-electron chi connectivity index (χ4n) is 4.49. The molecule has 0 amide bonds. The number of carboxylic acids is 2. The van der Waals surface area contributed by atoms with Crippen molar-refractivity contribution in [1.29, 1.82) is 0 Å². The van der Waals surface area contributed by atoms with Crippen LogP contribution in [-0.4, -0.2) is 50.0 Å². The first kappa shape index (κ1) is 32.5. The van der Waals surface area contributed by atoms with Crippen molar-refractivity contribution in [3.8, 4) is 11.5 Å². The summed E-state index contributed by atoms with van der Waals surface area (Å²) in [6, 6.07) is 20.1. The lowest BCUT2D eigenvalue weighted by Crippen LogP contribution is -2.07. The summed E-state index contributed by atoms with van der Waals surface area (Å²) in [6.45, 7) is 0.703. The van der Waals surface area contributed by atoms with Crippen LogP contribution in [0.2, 0.25) is 0 Å². The number of para-hydroxylation sites is 1. The number of carbonyl (C=O) groups is 2. The maximum Gasteiger partial charge on any atom is 0.303 e. The second kappa shape index (κ2) is 16.4. The Labute approximate surface area is 247 Å². The Bertz CT molecular complexity index is 1420. The van der Waals surface area contributed by atoms with Gasteiger partial charge in [0.05, 0.1) is 18.1 Å². The smallest absolute Gasteiger partial charge is 0.303 e. The molecule has 3 N–H and O–H groups in total. The molecule has 9 nitrogen and oxygen atoms in total. The van der Waals surface area contributed by atoms with E-state index in [9.17, 15) is 23.1 Å². The van der Waals surface area contributed by atoms with Gasteiger partial charge in [0.25, 0.3) is 0 Å². The van der Waals surface area contributed by atoms with E-state index in [1.165, 1.54) is 6.26 Å². The fourth-order valence-corrected chi connectivity index (χ4v) is 5.16. The Kier molecular flexibility index (Phi) is 12.7. The van der Waals surface area contributed by atoms with E-state index in [1.807, 2.05) is 42.5 Å². The number of sulfone groups is 1. The largest absolute Gasteiger partial charge is 0.493 e. The van der Waals surface area contributed by atoms with Crippen LogP contribution in [-0.2, 0) is 32.3 Å². The third-order valence-electron chi connectivity index (χ3n) is 6.59. The monoisotopic (exact) mass is 597 g/mol. The number of aliphatic carboxylic acids is 2. The standard InChI is InChI=1S/C32H39NO8S/c1-42(38,39)28-22-26(33-25-13-6-4-7-14-25)21-27(23-28)40-19-8-3-2-5-11-24-12-9-15-30(29(24)17-18-32(36)37)41-20-10-16-31(34)35/h4,6-7,9,12-15,21-23,33H,2-3,5,8,10-11,16-20H2,1H3,(H,34,35)(H,36,37). The maximum atomic E-state index is 12.2. The van der Waals surface area contributed by atoms with Crippen molar-refractivity contribution in [2.45, 2.75) is 62.7 Å². The fraction of sp³-hybridized carbons (Fsp3) is 0.375. The van der Waals surface area contributed by atoms with Gasteiger partial charge in [0.2, 0.25) is 0 Å². The third-order valence-corrected chi connectivity index (χ3v) is 7.68. The molecule has 3 aromatic carbocycles. The molecule has 0 spiro atoms. The van der Waals surface area contributed by atoms with Gasteiger partial charge in [-0.3, -0.25) is 9.59 Å². The van der Waals surface area contributed by atoms with Crippen LogP contribution in [0.5, 0.6) is 11.5 Å². The van der Waals surface area contributed by atoms with Crippen LogP contribution in [0.1, 0.15) is 56.1 Å². The third kappa shape index (κ3) is 11.4. The molecule has 3 rings (SSSR count). The minimum absolute atomic E-state index is 0.0110. The molecule has 0 saturated carbocycles. The first-order valence-corrected chi connectivity index (χ1v) is 16.0. The molecule has 0 heterocycles. The topological polar surface area (TPSA) is 139 Å². The molecule has 0 aliphatic rings. The van der Waals surface area contributed by atoms with Crippen LogP contribution < -0.4 is 14.8 Å². The second-order valence-electron chi connectivity index (χ2n) is 10.1. The lowest BCUT2D eigenvalue weighted by Gasteiger charge is -2.15. The lowest BCUT2D eigenvalue weighted by molar-refractivity contribution is -0.138. The van der Waals surface area contributed by atoms with E-state index in [-0.39, 0.29) is 24.3 Å². The van der Waals surface area contributed by atoms with E-state index in [1.54, 1.807) is 24.3 Å². The molecule has 0 fully saturated rings. The number of rotatable bonds is 19. The zero-order valence-electron chi connectivity index (χ0n) is 23.9. The van der Waals surface area contributed by atoms with Crippen LogP contribution in [0.15, 0.2) is 71.6 Å². The highest BCUT2D eigenvalue weighted by Gasteiger charge is 2.13. The van der Waals surface area contributed by atoms with Gasteiger partial charge < -0.3 is 25.0 Å². The van der Waals surface area contributed by atoms with E-state index in [2.05, 4.69) is 5.32 Å². The molecule has 0 aromatic heterocycles. The SMILES string of the molecule is CS(=O)(=O)c1cc(Nc2ccccc2)cc(OCCCCCCc2cccc(OCCCC(=O)O)c2CCC(=O)O)c1. The summed E-state index contributed by atoms with van der Waals surface area (Å²) in [5.74, 6) is -0.660. The van der Waals surface area contributed by atoms with Crippen molar-refractivity contribution in [3.05, 3.63) is 77.9 Å². The van der Waals surface area contributed by atoms with Crippen molar-refractivity contribution in [2.75, 3.05) is 24.8 Å². The maximum absolute atomic E-state index is 12.2. The van der Waals surface area contributed by atoms with Crippen molar-refractivity contribution in [1.82, 2.24) is 0 Å². The van der Waals surface area contributed by atoms with E-state index >= 15 is 0 Å². The zero-order valence-corrected chi connectivity index (χ0v) is 24.7. The predicted octanol–water partition coefficient (Wildman–Crippen LogP) is 6.28. The lowest BCUT2D eigenvalue weighted by atomic mass is 9.97. The number of aryl methyl sites for hydroxylation is 1. The minimum atomic E-state index is -3.42. The number of hydrogen-bond acceptors (Lipinski definition) is 7. The molecular weight excluding hydrogens is 558 g/mol. The highest BCUT2D eigenvalue weighted by atomic mass is 32.2. The molecule has 0 radical (unpaired) electrons. The first-order chi connectivity index (χ1) is 20.1. The zero-order chi connectivity index (χ0) is 30.4. The number of benzene rings is 3. The van der Waals surface area contributed by atoms with Gasteiger partial charge in [0.15, 0.2) is 9.84 Å². The molecule has 3 aromatic rings. The van der Waals surface area contributed by atoms with Crippen LogP contribution in [0.3, 0.4) is 0 Å². The van der Waals surface area contributed by atoms with Gasteiger partial charge >= 0.3 is 11.9 Å². The van der Waals surface area contributed by atoms with E-state index in [0.29, 0.717) is 36.6 Å². The highest BCUT2D eigenvalue weighted by molar-refractivity contribution is 7.90. The van der Waals surface area contributed by atoms with E-state index < -0.39 is 21.8 Å². The summed E-state index contributed by atoms with van der Waals surface area (Å²) >= 11 is 0. The van der Waals surface area contributed by atoms with Crippen LogP contribution in [0, 0.1) is 0 Å². The van der Waals surface area contributed by atoms with Crippen LogP contribution in [0.25, 0.3) is 0 Å². The first-order valence-electron chi connectivity index (χ1n) is 14.1. The Balaban J connectivity index is 1.51. The molecule has 42 heavy (non-hydrogen) atoms. The number of unbranched alkanes of at least 4 members (excludes halogenated alkanes) is 3. The molecule has 0 aliphatic heterocycles. The van der Waals surface area contributed by atoms with Gasteiger partial charge in [-0.15, -0.1) is 0 Å². The van der Waals surface area contributed by atoms with Crippen LogP contribution >= 0.6 is 0 Å². The van der Waals surface area contributed by atoms with Gasteiger partial charge in [0.1, 0.15) is 11.5 Å². The summed E-state index contributed by atoms with van der Waals surface area (Å²) in [5.41, 5.74) is 3.38. The summed E-state index contributed by atoms with van der Waals surface area (Å²) in [6.07, 6.45) is 6.23. The summed E-state index contributed by atoms with van der Waals surface area (Å²) in [7, 11) is -3.42. The van der Waals surface area contributed by atoms with Crippen molar-refractivity contribution < 1.29 is 37.7 Å². The predicted molar refractivity (Wildman–Crippen MR) is 162 cm³/mol. The molecule has 226 valence electrons. The van der Waals surface area contributed by atoms with E-state index in [0.717, 1.165) is 48.9 Å². The van der Waals surface area contributed by atoms with Gasteiger partial charge in [-0.05, 0) is 73.6 Å². The number of carboxylic acid groups (broad SMARTS) is 2. The van der Waals surface area contributed by atoms with E-state index in [4.69, 9.17) is 14.6 Å². The van der Waals surface area contributed by atoms with Gasteiger partial charge in [-0.25, -0.2) is 8.42 Å². The van der Waals surface area contributed by atoms with Crippen molar-refractivity contribution >= 4 is 33.2 Å². The molecule has 0 saturated heterocycles. The average Bonchev–Trinajstić information content (AvgIpc) is 2.94. The minimum Gasteiger partial charge on any atom is -0.493 e. The number of anilines is 2. The van der Waals surface area contributed by atoms with Crippen LogP contribution in [0.4, 0.5) is 11.4 Å². The molecule has 0 bridgehead atoms. The molecular formula is C32H39NO8S. The Morgan fingerprint density at radius 2 is 1.45 bits per heavy atom. The highest BCUT2D eigenvalue weighted by Crippen LogP contribution is 2.28. The molecule has 0 unspecified atom stereocenters. The van der Waals surface area contributed by atoms with Gasteiger partial charge in [-0.1, -0.05) is 43.2 Å². The summed E-state index contributed by atoms with van der Waals surface area (Å²) in [4.78, 5) is 22.2. The average molecular weight is 598 g/mol. The second-order valence-corrected chi connectivity index (χ2v) is 12.1. The molecule has 0 atom stereocenters. The number of nitrogens with one attached hydrogen (secondary N) is 1. The Morgan fingerprint density at radius 3 is 2.17 bits per heavy atom. The Hall–Kier alpha value is -4.05. The number of hydrogen-bond donors (Lipinski definition) is 3. The van der Waals surface area contributed by atoms with Crippen molar-refractivity contribution in [3.63, 3.8) is 0 Å². The van der Waals surface area contributed by atoms with Gasteiger partial charge in [-0.2, -0.15) is 0 Å². The molecule has 0 aliphatic carbocycles. The summed E-state index contributed by atoms with van der Waals surface area (Å²) in [5, 5.41) is 21.3. The van der Waals surface area contributed by atoms with Crippen molar-refractivity contribution in [2.24, 2.45) is 0 Å².